The molecule has 1 aliphatic rings. The molecule has 3 unspecified atom stereocenters. The van der Waals surface area contributed by atoms with Gasteiger partial charge in [-0.05, 0) is 26.3 Å². The van der Waals surface area contributed by atoms with Crippen LogP contribution in [0.2, 0.25) is 0 Å². The zero-order valence-corrected chi connectivity index (χ0v) is 11.3. The third kappa shape index (κ3) is 3.82. The molecule has 112 valence electrons. The van der Waals surface area contributed by atoms with Crippen LogP contribution in [0.4, 0.5) is 13.2 Å². The van der Waals surface area contributed by atoms with Crippen LogP contribution < -0.4 is 5.32 Å². The number of hydrogen-bond acceptors (Lipinski definition) is 4. The summed E-state index contributed by atoms with van der Waals surface area (Å²) < 4.78 is 47.0. The Morgan fingerprint density at radius 3 is 2.63 bits per heavy atom. The lowest BCUT2D eigenvalue weighted by Gasteiger charge is -2.28. The van der Waals surface area contributed by atoms with E-state index in [2.05, 4.69) is 5.32 Å². The number of alkyl halides is 3. The average molecular weight is 283 g/mol. The van der Waals surface area contributed by atoms with Crippen molar-refractivity contribution < 1.29 is 27.4 Å². The molecule has 0 aromatic rings. The van der Waals surface area contributed by atoms with E-state index >= 15 is 0 Å². The van der Waals surface area contributed by atoms with E-state index in [-0.39, 0.29) is 6.42 Å². The molecule has 0 spiro atoms. The first-order valence-electron chi connectivity index (χ1n) is 6.31. The molecule has 7 heteroatoms. The molecular weight excluding hydrogens is 263 g/mol. The highest BCUT2D eigenvalue weighted by atomic mass is 19.4. The zero-order chi connectivity index (χ0) is 14.7. The van der Waals surface area contributed by atoms with Crippen molar-refractivity contribution in [2.75, 3.05) is 13.7 Å². The summed E-state index contributed by atoms with van der Waals surface area (Å²) in [5, 5.41) is 3.01. The molecule has 0 saturated heterocycles. The van der Waals surface area contributed by atoms with Gasteiger partial charge >= 0.3 is 12.1 Å². The predicted molar refractivity (Wildman–Crippen MR) is 62.7 cm³/mol. The topological polar surface area (TPSA) is 47.6 Å². The van der Waals surface area contributed by atoms with E-state index in [1.54, 1.807) is 0 Å². The molecule has 0 amide bonds. The van der Waals surface area contributed by atoms with Crippen LogP contribution in [0.5, 0.6) is 0 Å². The third-order valence-corrected chi connectivity index (χ3v) is 3.42. The summed E-state index contributed by atoms with van der Waals surface area (Å²) in [5.74, 6) is -0.444. The standard InChI is InChI=1S/C12H20F3NO3/c1-4-16-11(10(17)18-3)6-5-9(7-11)19-8(2)12(13,14)15/h8-9,16H,4-7H2,1-3H3. The van der Waals surface area contributed by atoms with E-state index in [4.69, 9.17) is 9.47 Å². The number of carbonyl (C=O) groups excluding carboxylic acids is 1. The first kappa shape index (κ1) is 16.2. The number of rotatable bonds is 5. The first-order valence-corrected chi connectivity index (χ1v) is 6.31. The fraction of sp³-hybridized carbons (Fsp3) is 0.917. The predicted octanol–water partition coefficient (Wildman–Crippen LogP) is 2.03. The summed E-state index contributed by atoms with van der Waals surface area (Å²) in [7, 11) is 1.27. The Morgan fingerprint density at radius 2 is 2.16 bits per heavy atom. The van der Waals surface area contributed by atoms with E-state index in [1.807, 2.05) is 6.92 Å². The van der Waals surface area contributed by atoms with Crippen LogP contribution in [-0.4, -0.2) is 43.5 Å². The van der Waals surface area contributed by atoms with Gasteiger partial charge in [0.2, 0.25) is 0 Å². The van der Waals surface area contributed by atoms with Crippen LogP contribution >= 0.6 is 0 Å². The Labute approximate surface area is 110 Å². The van der Waals surface area contributed by atoms with Gasteiger partial charge in [0.25, 0.3) is 0 Å². The maximum Gasteiger partial charge on any atom is 0.414 e. The maximum atomic E-state index is 12.4. The third-order valence-electron chi connectivity index (χ3n) is 3.42. The molecule has 0 aliphatic heterocycles. The van der Waals surface area contributed by atoms with E-state index in [9.17, 15) is 18.0 Å². The molecule has 1 aliphatic carbocycles. The molecule has 0 aromatic heterocycles. The lowest BCUT2D eigenvalue weighted by molar-refractivity contribution is -0.226. The number of esters is 1. The molecule has 0 bridgehead atoms. The maximum absolute atomic E-state index is 12.4. The Bertz CT molecular complexity index is 322. The van der Waals surface area contributed by atoms with Crippen LogP contribution in [0, 0.1) is 0 Å². The monoisotopic (exact) mass is 283 g/mol. The van der Waals surface area contributed by atoms with E-state index < -0.39 is 29.9 Å². The van der Waals surface area contributed by atoms with Gasteiger partial charge in [0.15, 0.2) is 6.10 Å². The van der Waals surface area contributed by atoms with E-state index in [0.29, 0.717) is 19.4 Å². The van der Waals surface area contributed by atoms with Crippen LogP contribution in [0.25, 0.3) is 0 Å². The lowest BCUT2D eigenvalue weighted by atomic mass is 9.97. The van der Waals surface area contributed by atoms with Crippen LogP contribution in [0.1, 0.15) is 33.1 Å². The minimum Gasteiger partial charge on any atom is -0.468 e. The van der Waals surface area contributed by atoms with Crippen molar-refractivity contribution in [3.05, 3.63) is 0 Å². The molecule has 1 fully saturated rings. The molecule has 0 heterocycles. The summed E-state index contributed by atoms with van der Waals surface area (Å²) in [6, 6.07) is 0. The second-order valence-corrected chi connectivity index (χ2v) is 4.79. The number of methoxy groups -OCH3 is 1. The fourth-order valence-corrected chi connectivity index (χ4v) is 2.43. The Balaban J connectivity index is 2.66. The van der Waals surface area contributed by atoms with Gasteiger partial charge in [-0.2, -0.15) is 13.2 Å². The van der Waals surface area contributed by atoms with Gasteiger partial charge in [-0.15, -0.1) is 0 Å². The lowest BCUT2D eigenvalue weighted by Crippen LogP contribution is -2.51. The Morgan fingerprint density at radius 1 is 1.53 bits per heavy atom. The normalized spacial score (nSPS) is 29.3. The van der Waals surface area contributed by atoms with Crippen molar-refractivity contribution in [1.29, 1.82) is 0 Å². The van der Waals surface area contributed by atoms with Crippen molar-refractivity contribution in [3.8, 4) is 0 Å². The van der Waals surface area contributed by atoms with E-state index in [0.717, 1.165) is 6.92 Å². The summed E-state index contributed by atoms with van der Waals surface area (Å²) >= 11 is 0. The minimum absolute atomic E-state index is 0.202. The SMILES string of the molecule is CCNC1(C(=O)OC)CCC(OC(C)C(F)(F)F)C1. The van der Waals surface area contributed by atoms with Gasteiger partial charge in [-0.1, -0.05) is 6.92 Å². The highest BCUT2D eigenvalue weighted by Gasteiger charge is 2.48. The highest BCUT2D eigenvalue weighted by molar-refractivity contribution is 5.81. The summed E-state index contributed by atoms with van der Waals surface area (Å²) in [6.45, 7) is 3.35. The number of nitrogens with one attached hydrogen (secondary N) is 1. The average Bonchev–Trinajstić information content (AvgIpc) is 2.72. The largest absolute Gasteiger partial charge is 0.468 e. The van der Waals surface area contributed by atoms with Crippen molar-refractivity contribution in [2.24, 2.45) is 0 Å². The van der Waals surface area contributed by atoms with Crippen LogP contribution in [-0.2, 0) is 14.3 Å². The van der Waals surface area contributed by atoms with Crippen molar-refractivity contribution >= 4 is 5.97 Å². The number of ether oxygens (including phenoxy) is 2. The highest BCUT2D eigenvalue weighted by Crippen LogP contribution is 2.35. The van der Waals surface area contributed by atoms with Gasteiger partial charge in [-0.3, -0.25) is 4.79 Å². The van der Waals surface area contributed by atoms with Gasteiger partial charge in [-0.25, -0.2) is 0 Å². The fourth-order valence-electron chi connectivity index (χ4n) is 2.43. The molecule has 1 N–H and O–H groups in total. The smallest absolute Gasteiger partial charge is 0.414 e. The number of halogens is 3. The van der Waals surface area contributed by atoms with Gasteiger partial charge in [0.05, 0.1) is 13.2 Å². The summed E-state index contributed by atoms with van der Waals surface area (Å²) in [4.78, 5) is 11.8. The number of likely N-dealkylation sites (N-methyl/N-ethyl adjacent to an activating group) is 1. The quantitative estimate of drug-likeness (QED) is 0.784. The van der Waals surface area contributed by atoms with Crippen molar-refractivity contribution in [2.45, 2.75) is 57.0 Å². The number of hydrogen-bond donors (Lipinski definition) is 1. The van der Waals surface area contributed by atoms with Crippen molar-refractivity contribution in [3.63, 3.8) is 0 Å². The van der Waals surface area contributed by atoms with Crippen molar-refractivity contribution in [1.82, 2.24) is 5.32 Å². The number of carbonyl (C=O) groups is 1. The molecule has 0 aromatic carbocycles. The molecule has 4 nitrogen and oxygen atoms in total. The van der Waals surface area contributed by atoms with Gasteiger partial charge in [0, 0.05) is 6.42 Å². The van der Waals surface area contributed by atoms with E-state index in [1.165, 1.54) is 7.11 Å². The summed E-state index contributed by atoms with van der Waals surface area (Å²) in [5.41, 5.74) is -0.917. The van der Waals surface area contributed by atoms with Gasteiger partial charge in [0.1, 0.15) is 5.54 Å². The zero-order valence-electron chi connectivity index (χ0n) is 11.3. The Hall–Kier alpha value is -0.820. The van der Waals surface area contributed by atoms with Crippen LogP contribution in [0.3, 0.4) is 0 Å². The molecule has 1 rings (SSSR count). The second kappa shape index (κ2) is 6.09. The summed E-state index contributed by atoms with van der Waals surface area (Å²) in [6.07, 6.45) is -5.77. The Kier molecular flexibility index (Phi) is 5.20. The molecule has 3 atom stereocenters. The van der Waals surface area contributed by atoms with Crippen LogP contribution in [0.15, 0.2) is 0 Å². The molecule has 0 radical (unpaired) electrons. The molecule has 1 saturated carbocycles. The van der Waals surface area contributed by atoms with Gasteiger partial charge < -0.3 is 14.8 Å². The second-order valence-electron chi connectivity index (χ2n) is 4.79. The molecule has 19 heavy (non-hydrogen) atoms. The minimum atomic E-state index is -4.38. The first-order chi connectivity index (χ1) is 8.75. The molecular formula is C12H20F3NO3.